The molecule has 2 fully saturated rings. The SMILES string of the molecule is [2H]C1(C)C(C)C[C@@H]2COC(=O)[C@@]21B. The zero-order valence-corrected chi connectivity index (χ0v) is 7.89. The van der Waals surface area contributed by atoms with Crippen LogP contribution < -0.4 is 0 Å². The molecule has 2 nitrogen and oxygen atoms in total. The van der Waals surface area contributed by atoms with Crippen molar-refractivity contribution < 1.29 is 10.9 Å². The molecule has 2 rings (SSSR count). The van der Waals surface area contributed by atoms with Crippen LogP contribution in [0.15, 0.2) is 0 Å². The third-order valence-electron chi connectivity index (χ3n) is 3.85. The molecule has 0 spiro atoms. The number of hydrogen-bond acceptors (Lipinski definition) is 2. The maximum atomic E-state index is 11.6. The quantitative estimate of drug-likeness (QED) is 0.390. The van der Waals surface area contributed by atoms with Crippen LogP contribution in [0.2, 0.25) is 5.31 Å². The van der Waals surface area contributed by atoms with E-state index in [0.29, 0.717) is 6.61 Å². The Morgan fingerprint density at radius 2 is 2.42 bits per heavy atom. The molecular formula is C9H15BO2. The van der Waals surface area contributed by atoms with Gasteiger partial charge in [-0.1, -0.05) is 13.8 Å². The smallest absolute Gasteiger partial charge is 0.304 e. The summed E-state index contributed by atoms with van der Waals surface area (Å²) in [5.41, 5.74) is 0. The van der Waals surface area contributed by atoms with Crippen molar-refractivity contribution in [1.82, 2.24) is 0 Å². The predicted molar refractivity (Wildman–Crippen MR) is 48.6 cm³/mol. The molecule has 0 radical (unpaired) electrons. The van der Waals surface area contributed by atoms with Crippen LogP contribution in [0.4, 0.5) is 0 Å². The van der Waals surface area contributed by atoms with Crippen molar-refractivity contribution in [1.29, 1.82) is 0 Å². The van der Waals surface area contributed by atoms with Crippen molar-refractivity contribution in [2.75, 3.05) is 6.61 Å². The molecule has 0 amide bonds. The first-order valence-corrected chi connectivity index (χ1v) is 4.58. The first kappa shape index (κ1) is 6.99. The Bertz CT molecular complexity index is 266. The zero-order valence-electron chi connectivity index (χ0n) is 8.89. The normalized spacial score (nSPS) is 59.5. The number of cyclic esters (lactones) is 1. The minimum Gasteiger partial charge on any atom is -0.465 e. The minimum absolute atomic E-state index is 0.167. The van der Waals surface area contributed by atoms with Gasteiger partial charge in [0.05, 0.1) is 6.61 Å². The highest BCUT2D eigenvalue weighted by molar-refractivity contribution is 6.28. The van der Waals surface area contributed by atoms with Gasteiger partial charge in [-0.25, -0.2) is 0 Å². The van der Waals surface area contributed by atoms with Crippen LogP contribution in [-0.4, -0.2) is 20.4 Å². The van der Waals surface area contributed by atoms with E-state index < -0.39 is 11.2 Å². The third-order valence-corrected chi connectivity index (χ3v) is 3.85. The van der Waals surface area contributed by atoms with Gasteiger partial charge in [-0.3, -0.25) is 4.79 Å². The number of carbonyl (C=O) groups excluding carboxylic acids is 1. The lowest BCUT2D eigenvalue weighted by Crippen LogP contribution is -2.28. The molecule has 4 atom stereocenters. The molecule has 0 bridgehead atoms. The lowest BCUT2D eigenvalue weighted by atomic mass is 9.59. The van der Waals surface area contributed by atoms with Crippen LogP contribution in [0.3, 0.4) is 0 Å². The van der Waals surface area contributed by atoms with Gasteiger partial charge in [-0.2, -0.15) is 0 Å². The van der Waals surface area contributed by atoms with Crippen molar-refractivity contribution in [3.8, 4) is 0 Å². The highest BCUT2D eigenvalue weighted by Gasteiger charge is 2.57. The molecule has 0 aromatic carbocycles. The summed E-state index contributed by atoms with van der Waals surface area (Å²) >= 11 is 0. The van der Waals surface area contributed by atoms with Crippen LogP contribution in [0, 0.1) is 17.7 Å². The van der Waals surface area contributed by atoms with Gasteiger partial charge < -0.3 is 4.74 Å². The molecule has 0 aromatic heterocycles. The molecule has 1 saturated heterocycles. The molecular weight excluding hydrogens is 151 g/mol. The first-order valence-electron chi connectivity index (χ1n) is 5.08. The van der Waals surface area contributed by atoms with Gasteiger partial charge in [0.2, 0.25) is 0 Å². The fourth-order valence-electron chi connectivity index (χ4n) is 2.56. The van der Waals surface area contributed by atoms with E-state index in [9.17, 15) is 4.79 Å². The van der Waals surface area contributed by atoms with Gasteiger partial charge in [-0.15, -0.1) is 0 Å². The molecule has 1 aliphatic heterocycles. The van der Waals surface area contributed by atoms with Crippen molar-refractivity contribution in [3.63, 3.8) is 0 Å². The van der Waals surface area contributed by atoms with Crippen molar-refractivity contribution >= 4 is 13.8 Å². The van der Waals surface area contributed by atoms with Crippen LogP contribution in [0.25, 0.3) is 0 Å². The van der Waals surface area contributed by atoms with Crippen LogP contribution in [0.1, 0.15) is 21.6 Å². The maximum Gasteiger partial charge on any atom is 0.304 e. The second kappa shape index (κ2) is 2.27. The summed E-state index contributed by atoms with van der Waals surface area (Å²) < 4.78 is 13.3. The Balaban J connectivity index is 2.45. The van der Waals surface area contributed by atoms with Gasteiger partial charge in [0.15, 0.2) is 0 Å². The Morgan fingerprint density at radius 1 is 1.75 bits per heavy atom. The third kappa shape index (κ3) is 0.745. The molecule has 12 heavy (non-hydrogen) atoms. The summed E-state index contributed by atoms with van der Waals surface area (Å²) in [6.07, 6.45) is 0.947. The lowest BCUT2D eigenvalue weighted by molar-refractivity contribution is -0.141. The average Bonchev–Trinajstić information content (AvgIpc) is 2.40. The van der Waals surface area contributed by atoms with E-state index in [1.165, 1.54) is 0 Å². The number of fused-ring (bicyclic) bond motifs is 1. The number of esters is 1. The highest BCUT2D eigenvalue weighted by Crippen LogP contribution is 2.58. The topological polar surface area (TPSA) is 26.3 Å². The van der Waals surface area contributed by atoms with E-state index in [1.54, 1.807) is 0 Å². The second-order valence-electron chi connectivity index (χ2n) is 4.32. The summed E-state index contributed by atoms with van der Waals surface area (Å²) in [6.45, 7) is 4.45. The predicted octanol–water partition coefficient (Wildman–Crippen LogP) is 0.627. The summed E-state index contributed by atoms with van der Waals surface area (Å²) in [4.78, 5) is 11.6. The second-order valence-corrected chi connectivity index (χ2v) is 4.32. The first-order chi connectivity index (χ1) is 5.90. The summed E-state index contributed by atoms with van der Waals surface area (Å²) in [5.74, 6) is -0.280. The van der Waals surface area contributed by atoms with Gasteiger partial charge >= 0.3 is 5.97 Å². The monoisotopic (exact) mass is 167 g/mol. The molecule has 2 aliphatic rings. The standard InChI is InChI=1S/C9H15BO2/c1-5-3-7-4-12-8(11)9(7,10)6(5)2/h5-7H,3-4,10H2,1-2H3/t5?,6?,7-,9+/m1/s1/i6D. The van der Waals surface area contributed by atoms with Crippen molar-refractivity contribution in [2.24, 2.45) is 17.7 Å². The molecule has 3 heteroatoms. The van der Waals surface area contributed by atoms with Gasteiger partial charge in [-0.05, 0) is 18.2 Å². The Hall–Kier alpha value is -0.465. The van der Waals surface area contributed by atoms with Gasteiger partial charge in [0.25, 0.3) is 0 Å². The summed E-state index contributed by atoms with van der Waals surface area (Å²) in [7, 11) is 1.89. The molecule has 1 heterocycles. The van der Waals surface area contributed by atoms with E-state index in [2.05, 4.69) is 6.92 Å². The Kier molecular flexibility index (Phi) is 1.32. The Morgan fingerprint density at radius 3 is 3.00 bits per heavy atom. The highest BCUT2D eigenvalue weighted by atomic mass is 16.5. The average molecular weight is 167 g/mol. The van der Waals surface area contributed by atoms with E-state index in [1.807, 2.05) is 14.8 Å². The van der Waals surface area contributed by atoms with E-state index in [4.69, 9.17) is 6.11 Å². The molecule has 1 saturated carbocycles. The van der Waals surface area contributed by atoms with E-state index >= 15 is 0 Å². The fraction of sp³-hybridized carbons (Fsp3) is 0.889. The molecule has 1 aliphatic carbocycles. The van der Waals surface area contributed by atoms with Crippen LogP contribution in [0.5, 0.6) is 0 Å². The largest absolute Gasteiger partial charge is 0.465 e. The number of carbonyl (C=O) groups is 1. The Labute approximate surface area is 75.5 Å². The van der Waals surface area contributed by atoms with Gasteiger partial charge in [0.1, 0.15) is 7.85 Å². The summed E-state index contributed by atoms with van der Waals surface area (Å²) in [5, 5.41) is -0.563. The van der Waals surface area contributed by atoms with Crippen molar-refractivity contribution in [3.05, 3.63) is 0 Å². The van der Waals surface area contributed by atoms with Crippen molar-refractivity contribution in [2.45, 2.75) is 25.6 Å². The molecule has 0 aromatic rings. The number of ether oxygens (including phenoxy) is 1. The minimum atomic E-state index is -0.661. The van der Waals surface area contributed by atoms with Crippen LogP contribution >= 0.6 is 0 Å². The zero-order chi connectivity index (χ0) is 9.85. The molecule has 2 unspecified atom stereocenters. The molecule has 66 valence electrons. The number of hydrogen-bond donors (Lipinski definition) is 0. The van der Waals surface area contributed by atoms with Crippen LogP contribution in [-0.2, 0) is 9.53 Å². The fourth-order valence-corrected chi connectivity index (χ4v) is 2.56. The van der Waals surface area contributed by atoms with Gasteiger partial charge in [0, 0.05) is 12.6 Å². The number of rotatable bonds is 0. The summed E-state index contributed by atoms with van der Waals surface area (Å²) in [6, 6.07) is 0. The maximum absolute atomic E-state index is 11.6. The lowest BCUT2D eigenvalue weighted by Gasteiger charge is -2.25. The van der Waals surface area contributed by atoms with E-state index in [0.717, 1.165) is 6.42 Å². The molecule has 0 N–H and O–H groups in total. The van der Waals surface area contributed by atoms with E-state index in [-0.39, 0.29) is 17.8 Å².